The van der Waals surface area contributed by atoms with Crippen molar-refractivity contribution < 1.29 is 9.18 Å². The highest BCUT2D eigenvalue weighted by Crippen LogP contribution is 2.25. The van der Waals surface area contributed by atoms with Gasteiger partial charge >= 0.3 is 5.69 Å². The molecule has 0 aliphatic carbocycles. The van der Waals surface area contributed by atoms with Gasteiger partial charge in [-0.3, -0.25) is 18.9 Å². The SMILES string of the molecule is O=C(c1ccncc1)N1CCCC(n2c(=O)n(Cc3cccc(F)c3)c3cccnc32)C1. The van der Waals surface area contributed by atoms with E-state index in [0.29, 0.717) is 35.4 Å². The molecule has 1 aliphatic rings. The molecule has 8 heteroatoms. The molecule has 4 aromatic rings. The molecule has 32 heavy (non-hydrogen) atoms. The number of amides is 1. The molecule has 0 radical (unpaired) electrons. The third-order valence-corrected chi connectivity index (χ3v) is 5.93. The number of halogens is 1. The first-order valence-corrected chi connectivity index (χ1v) is 10.6. The summed E-state index contributed by atoms with van der Waals surface area (Å²) in [6, 6.07) is 13.1. The summed E-state index contributed by atoms with van der Waals surface area (Å²) in [5.41, 5.74) is 2.36. The molecule has 0 N–H and O–H groups in total. The van der Waals surface area contributed by atoms with Gasteiger partial charge in [0.2, 0.25) is 0 Å². The van der Waals surface area contributed by atoms with Gasteiger partial charge in [-0.25, -0.2) is 14.2 Å². The molecular weight excluding hydrogens is 409 g/mol. The number of hydrogen-bond donors (Lipinski definition) is 0. The Morgan fingerprint density at radius 3 is 2.75 bits per heavy atom. The van der Waals surface area contributed by atoms with Crippen molar-refractivity contribution in [3.05, 3.63) is 94.5 Å². The van der Waals surface area contributed by atoms with Crippen LogP contribution >= 0.6 is 0 Å². The Labute approximate surface area is 183 Å². The minimum atomic E-state index is -0.338. The van der Waals surface area contributed by atoms with Crippen LogP contribution in [0.4, 0.5) is 4.39 Å². The van der Waals surface area contributed by atoms with Gasteiger partial charge in [0.1, 0.15) is 5.82 Å². The van der Waals surface area contributed by atoms with Crippen molar-refractivity contribution in [2.75, 3.05) is 13.1 Å². The monoisotopic (exact) mass is 431 g/mol. The van der Waals surface area contributed by atoms with Crippen molar-refractivity contribution in [2.45, 2.75) is 25.4 Å². The van der Waals surface area contributed by atoms with E-state index in [4.69, 9.17) is 0 Å². The minimum absolute atomic E-state index is 0.0680. The zero-order valence-corrected chi connectivity index (χ0v) is 17.4. The van der Waals surface area contributed by atoms with Crippen LogP contribution in [0, 0.1) is 5.82 Å². The van der Waals surface area contributed by atoms with Crippen molar-refractivity contribution >= 4 is 17.1 Å². The minimum Gasteiger partial charge on any atom is -0.337 e. The van der Waals surface area contributed by atoms with Crippen molar-refractivity contribution in [3.8, 4) is 0 Å². The van der Waals surface area contributed by atoms with Crippen molar-refractivity contribution in [2.24, 2.45) is 0 Å². The number of carbonyl (C=O) groups excluding carboxylic acids is 1. The van der Waals surface area contributed by atoms with Gasteiger partial charge in [0.15, 0.2) is 5.65 Å². The Balaban J connectivity index is 1.51. The number of aromatic nitrogens is 4. The molecule has 0 bridgehead atoms. The first kappa shape index (κ1) is 20.1. The van der Waals surface area contributed by atoms with Gasteiger partial charge in [-0.2, -0.15) is 0 Å². The number of nitrogens with zero attached hydrogens (tertiary/aromatic N) is 5. The van der Waals surface area contributed by atoms with Crippen LogP contribution in [0.15, 0.2) is 71.9 Å². The van der Waals surface area contributed by atoms with Crippen LogP contribution in [-0.2, 0) is 6.54 Å². The molecule has 5 rings (SSSR count). The van der Waals surface area contributed by atoms with Gasteiger partial charge in [-0.15, -0.1) is 0 Å². The maximum atomic E-state index is 13.7. The second kappa shape index (κ2) is 8.37. The predicted octanol–water partition coefficient (Wildman–Crippen LogP) is 3.26. The van der Waals surface area contributed by atoms with E-state index in [0.717, 1.165) is 12.8 Å². The summed E-state index contributed by atoms with van der Waals surface area (Å²) >= 11 is 0. The second-order valence-corrected chi connectivity index (χ2v) is 8.00. The highest BCUT2D eigenvalue weighted by molar-refractivity contribution is 5.94. The van der Waals surface area contributed by atoms with E-state index in [2.05, 4.69) is 9.97 Å². The molecular formula is C24H22FN5O2. The fourth-order valence-corrected chi connectivity index (χ4v) is 4.44. The lowest BCUT2D eigenvalue weighted by Gasteiger charge is -2.33. The van der Waals surface area contributed by atoms with E-state index in [1.165, 1.54) is 12.1 Å². The molecule has 1 unspecified atom stereocenters. The first-order chi connectivity index (χ1) is 15.6. The molecule has 0 spiro atoms. The van der Waals surface area contributed by atoms with E-state index in [-0.39, 0.29) is 30.0 Å². The number of carbonyl (C=O) groups is 1. The van der Waals surface area contributed by atoms with Crippen LogP contribution in [0.1, 0.15) is 34.8 Å². The van der Waals surface area contributed by atoms with Gasteiger partial charge < -0.3 is 4.90 Å². The maximum Gasteiger partial charge on any atom is 0.330 e. The third kappa shape index (κ3) is 3.68. The summed E-state index contributed by atoms with van der Waals surface area (Å²) in [7, 11) is 0. The number of imidazole rings is 1. The number of hydrogen-bond acceptors (Lipinski definition) is 4. The van der Waals surface area contributed by atoms with Gasteiger partial charge in [-0.1, -0.05) is 12.1 Å². The van der Waals surface area contributed by atoms with E-state index in [9.17, 15) is 14.0 Å². The van der Waals surface area contributed by atoms with Crippen LogP contribution in [-0.4, -0.2) is 43.0 Å². The number of fused-ring (bicyclic) bond motifs is 1. The third-order valence-electron chi connectivity index (χ3n) is 5.93. The second-order valence-electron chi connectivity index (χ2n) is 8.00. The zero-order valence-electron chi connectivity index (χ0n) is 17.4. The highest BCUT2D eigenvalue weighted by atomic mass is 19.1. The largest absolute Gasteiger partial charge is 0.337 e. The van der Waals surface area contributed by atoms with Gasteiger partial charge in [0, 0.05) is 37.2 Å². The normalized spacial score (nSPS) is 16.4. The highest BCUT2D eigenvalue weighted by Gasteiger charge is 2.29. The molecule has 1 aliphatic heterocycles. The molecule has 1 fully saturated rings. The Morgan fingerprint density at radius 2 is 1.94 bits per heavy atom. The van der Waals surface area contributed by atoms with Crippen LogP contribution in [0.25, 0.3) is 11.2 Å². The van der Waals surface area contributed by atoms with Crippen molar-refractivity contribution in [3.63, 3.8) is 0 Å². The Bertz CT molecular complexity index is 1330. The summed E-state index contributed by atoms with van der Waals surface area (Å²) in [6.45, 7) is 1.32. The van der Waals surface area contributed by atoms with Crippen LogP contribution in [0.5, 0.6) is 0 Å². The van der Waals surface area contributed by atoms with E-state index in [1.54, 1.807) is 63.0 Å². The van der Waals surface area contributed by atoms with E-state index in [1.807, 2.05) is 6.07 Å². The summed E-state index contributed by atoms with van der Waals surface area (Å²) in [5, 5.41) is 0. The topological polar surface area (TPSA) is 73.0 Å². The fourth-order valence-electron chi connectivity index (χ4n) is 4.44. The fraction of sp³-hybridized carbons (Fsp3) is 0.250. The molecule has 3 aromatic heterocycles. The molecule has 7 nitrogen and oxygen atoms in total. The number of piperidine rings is 1. The Hall–Kier alpha value is -3.81. The molecule has 1 aromatic carbocycles. The average Bonchev–Trinajstić information content (AvgIpc) is 3.10. The molecule has 0 saturated carbocycles. The lowest BCUT2D eigenvalue weighted by atomic mass is 10.0. The summed E-state index contributed by atoms with van der Waals surface area (Å²) in [6.07, 6.45) is 6.42. The molecule has 1 amide bonds. The average molecular weight is 431 g/mol. The molecule has 1 atom stereocenters. The van der Waals surface area contributed by atoms with E-state index >= 15 is 0 Å². The van der Waals surface area contributed by atoms with Crippen LogP contribution < -0.4 is 5.69 Å². The lowest BCUT2D eigenvalue weighted by molar-refractivity contribution is 0.0679. The number of rotatable bonds is 4. The lowest BCUT2D eigenvalue weighted by Crippen LogP contribution is -2.43. The number of benzene rings is 1. The molecule has 1 saturated heterocycles. The molecule has 162 valence electrons. The maximum absolute atomic E-state index is 13.7. The standard InChI is InChI=1S/C24H22FN5O2/c25-19-5-1-4-17(14-19)15-29-21-7-2-10-27-22(21)30(24(29)32)20-6-3-13-28(16-20)23(31)18-8-11-26-12-9-18/h1-2,4-5,7-12,14,20H,3,6,13,15-16H2. The summed E-state index contributed by atoms with van der Waals surface area (Å²) < 4.78 is 17.0. The Kier molecular flexibility index (Phi) is 5.26. The van der Waals surface area contributed by atoms with Crippen LogP contribution in [0.2, 0.25) is 0 Å². The first-order valence-electron chi connectivity index (χ1n) is 10.6. The van der Waals surface area contributed by atoms with Crippen molar-refractivity contribution in [1.29, 1.82) is 0 Å². The summed E-state index contributed by atoms with van der Waals surface area (Å²) in [4.78, 5) is 36.7. The molecule has 4 heterocycles. The van der Waals surface area contributed by atoms with Crippen LogP contribution in [0.3, 0.4) is 0 Å². The quantitative estimate of drug-likeness (QED) is 0.497. The predicted molar refractivity (Wildman–Crippen MR) is 118 cm³/mol. The smallest absolute Gasteiger partial charge is 0.330 e. The number of pyridine rings is 2. The summed E-state index contributed by atoms with van der Waals surface area (Å²) in [5.74, 6) is -0.406. The Morgan fingerprint density at radius 1 is 1.09 bits per heavy atom. The zero-order chi connectivity index (χ0) is 22.1. The number of likely N-dealkylation sites (tertiary alicyclic amines) is 1. The van der Waals surface area contributed by atoms with Crippen molar-refractivity contribution in [1.82, 2.24) is 24.0 Å². The van der Waals surface area contributed by atoms with Gasteiger partial charge in [-0.05, 0) is 54.8 Å². The van der Waals surface area contributed by atoms with E-state index < -0.39 is 0 Å². The van der Waals surface area contributed by atoms with Gasteiger partial charge in [0.25, 0.3) is 5.91 Å². The van der Waals surface area contributed by atoms with Gasteiger partial charge in [0.05, 0.1) is 18.1 Å².